The molecule has 0 spiro atoms. The van der Waals surface area contributed by atoms with Crippen molar-refractivity contribution in [1.82, 2.24) is 10.6 Å². The summed E-state index contributed by atoms with van der Waals surface area (Å²) >= 11 is 0. The molecule has 1 aliphatic carbocycles. The predicted octanol–water partition coefficient (Wildman–Crippen LogP) is 2.39. The minimum atomic E-state index is -0.828. The van der Waals surface area contributed by atoms with Crippen molar-refractivity contribution in [2.45, 2.75) is 38.6 Å². The lowest BCUT2D eigenvalue weighted by molar-refractivity contribution is -0.123. The Morgan fingerprint density at radius 2 is 2.00 bits per heavy atom. The molecule has 2 N–H and O–H groups in total. The summed E-state index contributed by atoms with van der Waals surface area (Å²) in [5.74, 6) is -1.77. The smallest absolute Gasteiger partial charge is 0.338 e. The third-order valence-corrected chi connectivity index (χ3v) is 4.08. The van der Waals surface area contributed by atoms with Gasteiger partial charge in [-0.3, -0.25) is 10.1 Å². The first kappa shape index (κ1) is 17.9. The van der Waals surface area contributed by atoms with Crippen LogP contribution in [0.25, 0.3) is 0 Å². The Bertz CT molecular complexity index is 620. The Hall–Kier alpha value is -2.44. The lowest BCUT2D eigenvalue weighted by Crippen LogP contribution is -2.48. The van der Waals surface area contributed by atoms with Gasteiger partial charge in [-0.1, -0.05) is 25.8 Å². The van der Waals surface area contributed by atoms with Crippen molar-refractivity contribution in [3.05, 3.63) is 35.6 Å². The predicted molar refractivity (Wildman–Crippen MR) is 84.8 cm³/mol. The molecule has 6 nitrogen and oxygen atoms in total. The fourth-order valence-corrected chi connectivity index (χ4v) is 2.73. The van der Waals surface area contributed by atoms with E-state index in [0.717, 1.165) is 31.7 Å². The van der Waals surface area contributed by atoms with Crippen LogP contribution in [0.1, 0.15) is 43.0 Å². The number of esters is 1. The lowest BCUT2D eigenvalue weighted by atomic mass is 9.86. The number of ether oxygens (including phenoxy) is 1. The van der Waals surface area contributed by atoms with Gasteiger partial charge in [0.2, 0.25) is 0 Å². The second-order valence-corrected chi connectivity index (χ2v) is 5.98. The van der Waals surface area contributed by atoms with Gasteiger partial charge >= 0.3 is 12.0 Å². The third kappa shape index (κ3) is 5.33. The second-order valence-electron chi connectivity index (χ2n) is 5.98. The monoisotopic (exact) mass is 336 g/mol. The minimum Gasteiger partial charge on any atom is -0.452 e. The van der Waals surface area contributed by atoms with Crippen molar-refractivity contribution in [3.8, 4) is 0 Å². The zero-order valence-corrected chi connectivity index (χ0v) is 13.5. The topological polar surface area (TPSA) is 84.5 Å². The van der Waals surface area contributed by atoms with Gasteiger partial charge in [0.15, 0.2) is 6.61 Å². The molecule has 0 heterocycles. The molecular formula is C17H21FN2O4. The van der Waals surface area contributed by atoms with Crippen molar-refractivity contribution in [3.63, 3.8) is 0 Å². The highest BCUT2D eigenvalue weighted by atomic mass is 19.1. The molecule has 1 fully saturated rings. The number of halogens is 1. The fraction of sp³-hybridized carbons (Fsp3) is 0.471. The summed E-state index contributed by atoms with van der Waals surface area (Å²) in [5.41, 5.74) is 0.00304. The molecule has 0 radical (unpaired) electrons. The van der Waals surface area contributed by atoms with Crippen molar-refractivity contribution < 1.29 is 23.5 Å². The van der Waals surface area contributed by atoms with Crippen LogP contribution in [0.4, 0.5) is 9.18 Å². The van der Waals surface area contributed by atoms with Gasteiger partial charge < -0.3 is 10.1 Å². The van der Waals surface area contributed by atoms with Crippen LogP contribution >= 0.6 is 0 Å². The molecule has 1 saturated carbocycles. The third-order valence-electron chi connectivity index (χ3n) is 4.08. The number of rotatable bonds is 4. The number of imide groups is 1. The Balaban J connectivity index is 1.74. The van der Waals surface area contributed by atoms with Crippen LogP contribution in [-0.4, -0.2) is 30.6 Å². The van der Waals surface area contributed by atoms with E-state index in [1.54, 1.807) is 0 Å². The molecule has 0 unspecified atom stereocenters. The first-order chi connectivity index (χ1) is 11.5. The lowest BCUT2D eigenvalue weighted by Gasteiger charge is -2.29. The summed E-state index contributed by atoms with van der Waals surface area (Å²) in [5, 5.41) is 4.89. The highest BCUT2D eigenvalue weighted by molar-refractivity contribution is 5.97. The van der Waals surface area contributed by atoms with E-state index in [2.05, 4.69) is 17.6 Å². The molecule has 3 amide bonds. The average molecular weight is 336 g/mol. The highest BCUT2D eigenvalue weighted by Crippen LogP contribution is 2.23. The van der Waals surface area contributed by atoms with Crippen LogP contribution in [0, 0.1) is 11.7 Å². The fourth-order valence-electron chi connectivity index (χ4n) is 2.73. The van der Waals surface area contributed by atoms with Gasteiger partial charge in [0.25, 0.3) is 5.91 Å². The van der Waals surface area contributed by atoms with Crippen LogP contribution in [0.3, 0.4) is 0 Å². The number of hydrogen-bond donors (Lipinski definition) is 2. The van der Waals surface area contributed by atoms with Crippen molar-refractivity contribution in [2.75, 3.05) is 6.61 Å². The minimum absolute atomic E-state index is 0.00304. The molecule has 0 saturated heterocycles. The van der Waals surface area contributed by atoms with Gasteiger partial charge in [-0.2, -0.15) is 0 Å². The Morgan fingerprint density at radius 1 is 1.25 bits per heavy atom. The van der Waals surface area contributed by atoms with Crippen LogP contribution in [-0.2, 0) is 9.53 Å². The second kappa shape index (κ2) is 8.42. The van der Waals surface area contributed by atoms with Gasteiger partial charge in [-0.15, -0.1) is 0 Å². The van der Waals surface area contributed by atoms with Gasteiger partial charge in [0.05, 0.1) is 5.56 Å². The molecule has 24 heavy (non-hydrogen) atoms. The Labute approximate surface area is 139 Å². The molecule has 1 aromatic rings. The van der Waals surface area contributed by atoms with Gasteiger partial charge in [0.1, 0.15) is 5.82 Å². The van der Waals surface area contributed by atoms with Gasteiger partial charge in [0, 0.05) is 6.04 Å². The quantitative estimate of drug-likeness (QED) is 0.827. The van der Waals surface area contributed by atoms with Crippen molar-refractivity contribution >= 4 is 17.9 Å². The molecule has 7 heteroatoms. The van der Waals surface area contributed by atoms with Crippen LogP contribution in [0.15, 0.2) is 24.3 Å². The molecule has 0 bridgehead atoms. The van der Waals surface area contributed by atoms with Crippen LogP contribution in [0.5, 0.6) is 0 Å². The zero-order valence-electron chi connectivity index (χ0n) is 13.5. The molecular weight excluding hydrogens is 315 g/mol. The summed E-state index contributed by atoms with van der Waals surface area (Å²) in [6.07, 6.45) is 4.13. The number of urea groups is 1. The first-order valence-electron chi connectivity index (χ1n) is 7.98. The van der Waals surface area contributed by atoms with E-state index >= 15 is 0 Å². The number of nitrogens with one attached hydrogen (secondary N) is 2. The van der Waals surface area contributed by atoms with E-state index < -0.39 is 30.3 Å². The van der Waals surface area contributed by atoms with E-state index in [1.165, 1.54) is 18.2 Å². The maximum atomic E-state index is 13.0. The summed E-state index contributed by atoms with van der Waals surface area (Å²) < 4.78 is 17.8. The van der Waals surface area contributed by atoms with E-state index in [4.69, 9.17) is 4.74 Å². The van der Waals surface area contributed by atoms with E-state index in [-0.39, 0.29) is 11.6 Å². The molecule has 1 aromatic carbocycles. The van der Waals surface area contributed by atoms with Crippen LogP contribution < -0.4 is 10.6 Å². The van der Waals surface area contributed by atoms with Gasteiger partial charge in [-0.25, -0.2) is 14.0 Å². The Kier molecular flexibility index (Phi) is 6.28. The molecule has 0 aliphatic heterocycles. The molecule has 0 aromatic heterocycles. The zero-order chi connectivity index (χ0) is 17.5. The number of carbonyl (C=O) groups excluding carboxylic acids is 3. The van der Waals surface area contributed by atoms with E-state index in [0.29, 0.717) is 5.92 Å². The van der Waals surface area contributed by atoms with E-state index in [9.17, 15) is 18.8 Å². The molecule has 1 aliphatic rings. The number of amides is 3. The first-order valence-corrected chi connectivity index (χ1v) is 7.98. The van der Waals surface area contributed by atoms with Crippen LogP contribution in [0.2, 0.25) is 0 Å². The maximum Gasteiger partial charge on any atom is 0.338 e. The number of hydrogen-bond acceptors (Lipinski definition) is 4. The normalized spacial score (nSPS) is 20.1. The van der Waals surface area contributed by atoms with Gasteiger partial charge in [-0.05, 0) is 37.0 Å². The van der Waals surface area contributed by atoms with E-state index in [1.807, 2.05) is 0 Å². The highest BCUT2D eigenvalue weighted by Gasteiger charge is 2.23. The molecule has 2 rings (SSSR count). The standard InChI is InChI=1S/C17H21FN2O4/c1-11-5-2-3-8-14(11)19-17(23)20-15(21)10-24-16(22)12-6-4-7-13(18)9-12/h4,6-7,9,11,14H,2-3,5,8,10H2,1H3,(H2,19,20,21,23)/t11-,14-/m0/s1. The number of carbonyl (C=O) groups is 3. The van der Waals surface area contributed by atoms with Crippen molar-refractivity contribution in [2.24, 2.45) is 5.92 Å². The number of benzene rings is 1. The Morgan fingerprint density at radius 3 is 2.71 bits per heavy atom. The maximum absolute atomic E-state index is 13.0. The summed E-state index contributed by atoms with van der Waals surface area (Å²) in [4.78, 5) is 35.1. The summed E-state index contributed by atoms with van der Waals surface area (Å²) in [6.45, 7) is 1.45. The average Bonchev–Trinajstić information content (AvgIpc) is 2.54. The van der Waals surface area contributed by atoms with Crippen molar-refractivity contribution in [1.29, 1.82) is 0 Å². The summed E-state index contributed by atoms with van der Waals surface area (Å²) in [6, 6.07) is 4.39. The molecule has 130 valence electrons. The largest absolute Gasteiger partial charge is 0.452 e. The molecule has 2 atom stereocenters. The SMILES string of the molecule is C[C@H]1CCCC[C@@H]1NC(=O)NC(=O)COC(=O)c1cccc(F)c1. The summed E-state index contributed by atoms with van der Waals surface area (Å²) in [7, 11) is 0.